The van der Waals surface area contributed by atoms with Crippen LogP contribution in [0.4, 0.5) is 0 Å². The molecule has 3 nitrogen and oxygen atoms in total. The molecule has 0 spiro atoms. The van der Waals surface area contributed by atoms with E-state index in [9.17, 15) is 4.79 Å². The number of aromatic nitrogens is 1. The van der Waals surface area contributed by atoms with Crippen molar-refractivity contribution in [2.45, 2.75) is 6.92 Å². The SMILES string of the molecule is Cc1cnccc1C(=O)c1cc2cc(Cl)ccc2o1. The Labute approximate surface area is 114 Å². The Kier molecular flexibility index (Phi) is 2.84. The number of hydrogen-bond donors (Lipinski definition) is 0. The smallest absolute Gasteiger partial charge is 0.228 e. The van der Waals surface area contributed by atoms with Gasteiger partial charge in [-0.25, -0.2) is 0 Å². The van der Waals surface area contributed by atoms with Crippen molar-refractivity contribution in [1.82, 2.24) is 4.98 Å². The summed E-state index contributed by atoms with van der Waals surface area (Å²) in [6, 6.07) is 8.67. The normalized spacial score (nSPS) is 10.8. The summed E-state index contributed by atoms with van der Waals surface area (Å²) >= 11 is 5.91. The van der Waals surface area contributed by atoms with Crippen LogP contribution in [0, 0.1) is 6.92 Å². The molecule has 2 heterocycles. The maximum Gasteiger partial charge on any atom is 0.228 e. The number of fused-ring (bicyclic) bond motifs is 1. The van der Waals surface area contributed by atoms with Gasteiger partial charge in [-0.1, -0.05) is 11.6 Å². The summed E-state index contributed by atoms with van der Waals surface area (Å²) in [5.74, 6) is 0.166. The lowest BCUT2D eigenvalue weighted by molar-refractivity contribution is 0.101. The summed E-state index contributed by atoms with van der Waals surface area (Å²) in [7, 11) is 0. The molecule has 3 aromatic rings. The fourth-order valence-corrected chi connectivity index (χ4v) is 2.17. The zero-order valence-corrected chi connectivity index (χ0v) is 10.9. The van der Waals surface area contributed by atoms with E-state index in [1.807, 2.05) is 6.92 Å². The maximum atomic E-state index is 12.4. The topological polar surface area (TPSA) is 43.1 Å². The van der Waals surface area contributed by atoms with E-state index in [1.54, 1.807) is 42.7 Å². The molecule has 0 radical (unpaired) electrons. The summed E-state index contributed by atoms with van der Waals surface area (Å²) in [4.78, 5) is 16.3. The molecule has 0 bridgehead atoms. The first-order valence-corrected chi connectivity index (χ1v) is 6.17. The second-order valence-corrected chi connectivity index (χ2v) is 4.75. The van der Waals surface area contributed by atoms with Crippen LogP contribution >= 0.6 is 11.6 Å². The Morgan fingerprint density at radius 1 is 1.26 bits per heavy atom. The van der Waals surface area contributed by atoms with Crippen molar-refractivity contribution in [2.24, 2.45) is 0 Å². The Balaban J connectivity index is 2.09. The largest absolute Gasteiger partial charge is 0.453 e. The number of aryl methyl sites for hydroxylation is 1. The van der Waals surface area contributed by atoms with Gasteiger partial charge in [0.05, 0.1) is 0 Å². The number of carbonyl (C=O) groups is 1. The van der Waals surface area contributed by atoms with Crippen LogP contribution in [0.1, 0.15) is 21.7 Å². The summed E-state index contributed by atoms with van der Waals surface area (Å²) < 4.78 is 5.57. The summed E-state index contributed by atoms with van der Waals surface area (Å²) in [6.45, 7) is 1.85. The Hall–Kier alpha value is -2.13. The quantitative estimate of drug-likeness (QED) is 0.661. The number of benzene rings is 1. The van der Waals surface area contributed by atoms with Crippen molar-refractivity contribution >= 4 is 28.4 Å². The Morgan fingerprint density at radius 2 is 2.11 bits per heavy atom. The highest BCUT2D eigenvalue weighted by Gasteiger charge is 2.16. The number of pyridine rings is 1. The lowest BCUT2D eigenvalue weighted by Crippen LogP contribution is -2.02. The minimum atomic E-state index is -0.146. The number of hydrogen-bond acceptors (Lipinski definition) is 3. The summed E-state index contributed by atoms with van der Waals surface area (Å²) in [6.07, 6.45) is 3.26. The van der Waals surface area contributed by atoms with Crippen LogP contribution in [0.5, 0.6) is 0 Å². The molecule has 0 aliphatic heterocycles. The minimum absolute atomic E-state index is 0.146. The molecule has 0 aliphatic rings. The van der Waals surface area contributed by atoms with Gasteiger partial charge in [-0.2, -0.15) is 0 Å². The third-order valence-corrected chi connectivity index (χ3v) is 3.20. The molecular weight excluding hydrogens is 262 g/mol. The van der Waals surface area contributed by atoms with Crippen molar-refractivity contribution in [1.29, 1.82) is 0 Å². The van der Waals surface area contributed by atoms with E-state index in [2.05, 4.69) is 4.98 Å². The van der Waals surface area contributed by atoms with E-state index in [1.165, 1.54) is 0 Å². The van der Waals surface area contributed by atoms with Gasteiger partial charge in [-0.3, -0.25) is 9.78 Å². The van der Waals surface area contributed by atoms with E-state index in [0.29, 0.717) is 21.9 Å². The first kappa shape index (κ1) is 11.9. The fourth-order valence-electron chi connectivity index (χ4n) is 1.99. The number of nitrogens with zero attached hydrogens (tertiary/aromatic N) is 1. The predicted molar refractivity (Wildman–Crippen MR) is 73.6 cm³/mol. The van der Waals surface area contributed by atoms with Crippen molar-refractivity contribution in [3.63, 3.8) is 0 Å². The van der Waals surface area contributed by atoms with E-state index in [-0.39, 0.29) is 5.78 Å². The summed E-state index contributed by atoms with van der Waals surface area (Å²) in [5.41, 5.74) is 2.07. The Bertz CT molecular complexity index is 777. The molecule has 0 aliphatic carbocycles. The van der Waals surface area contributed by atoms with Crippen LogP contribution in [0.2, 0.25) is 5.02 Å². The highest BCUT2D eigenvalue weighted by Crippen LogP contribution is 2.25. The molecule has 0 unspecified atom stereocenters. The van der Waals surface area contributed by atoms with E-state index in [0.717, 1.165) is 10.9 Å². The molecular formula is C15H10ClNO2. The van der Waals surface area contributed by atoms with Crippen molar-refractivity contribution < 1.29 is 9.21 Å². The standard InChI is InChI=1S/C15H10ClNO2/c1-9-8-17-5-4-12(9)15(18)14-7-10-6-11(16)2-3-13(10)19-14/h2-8H,1H3. The van der Waals surface area contributed by atoms with Crippen LogP contribution in [-0.4, -0.2) is 10.8 Å². The highest BCUT2D eigenvalue weighted by atomic mass is 35.5. The lowest BCUT2D eigenvalue weighted by atomic mass is 10.1. The molecule has 0 saturated heterocycles. The van der Waals surface area contributed by atoms with Gasteiger partial charge in [0.15, 0.2) is 5.76 Å². The monoisotopic (exact) mass is 271 g/mol. The van der Waals surface area contributed by atoms with Crippen LogP contribution in [0.15, 0.2) is 47.1 Å². The van der Waals surface area contributed by atoms with E-state index in [4.69, 9.17) is 16.0 Å². The maximum absolute atomic E-state index is 12.4. The number of ketones is 1. The number of rotatable bonds is 2. The van der Waals surface area contributed by atoms with E-state index >= 15 is 0 Å². The first-order valence-electron chi connectivity index (χ1n) is 5.79. The second-order valence-electron chi connectivity index (χ2n) is 4.31. The number of carbonyl (C=O) groups excluding carboxylic acids is 1. The van der Waals surface area contributed by atoms with Crippen LogP contribution in [0.3, 0.4) is 0 Å². The van der Waals surface area contributed by atoms with Gasteiger partial charge in [0.2, 0.25) is 5.78 Å². The minimum Gasteiger partial charge on any atom is -0.453 e. The lowest BCUT2D eigenvalue weighted by Gasteiger charge is -2.00. The van der Waals surface area contributed by atoms with Gasteiger partial charge < -0.3 is 4.42 Å². The first-order chi connectivity index (χ1) is 9.15. The van der Waals surface area contributed by atoms with Crippen LogP contribution in [-0.2, 0) is 0 Å². The van der Waals surface area contributed by atoms with Gasteiger partial charge in [0.1, 0.15) is 5.58 Å². The molecule has 4 heteroatoms. The Morgan fingerprint density at radius 3 is 2.89 bits per heavy atom. The number of furan rings is 1. The third kappa shape index (κ3) is 2.13. The van der Waals surface area contributed by atoms with Gasteiger partial charge in [0.25, 0.3) is 0 Å². The molecule has 3 rings (SSSR count). The molecule has 2 aromatic heterocycles. The predicted octanol–water partition coefficient (Wildman–Crippen LogP) is 4.02. The molecule has 0 atom stereocenters. The molecule has 94 valence electrons. The van der Waals surface area contributed by atoms with Crippen LogP contribution < -0.4 is 0 Å². The molecule has 19 heavy (non-hydrogen) atoms. The average molecular weight is 272 g/mol. The van der Waals surface area contributed by atoms with Gasteiger partial charge in [-0.15, -0.1) is 0 Å². The van der Waals surface area contributed by atoms with E-state index < -0.39 is 0 Å². The highest BCUT2D eigenvalue weighted by molar-refractivity contribution is 6.31. The zero-order valence-electron chi connectivity index (χ0n) is 10.2. The molecule has 0 amide bonds. The molecule has 0 saturated carbocycles. The van der Waals surface area contributed by atoms with Crippen molar-refractivity contribution in [2.75, 3.05) is 0 Å². The van der Waals surface area contributed by atoms with Gasteiger partial charge in [0, 0.05) is 28.4 Å². The van der Waals surface area contributed by atoms with Gasteiger partial charge in [-0.05, 0) is 42.8 Å². The summed E-state index contributed by atoms with van der Waals surface area (Å²) in [5, 5.41) is 1.44. The van der Waals surface area contributed by atoms with Crippen molar-refractivity contribution in [3.05, 3.63) is 64.6 Å². The van der Waals surface area contributed by atoms with Crippen molar-refractivity contribution in [3.8, 4) is 0 Å². The van der Waals surface area contributed by atoms with Crippen LogP contribution in [0.25, 0.3) is 11.0 Å². The number of halogens is 1. The van der Waals surface area contributed by atoms with Gasteiger partial charge >= 0.3 is 0 Å². The zero-order chi connectivity index (χ0) is 13.4. The molecule has 0 N–H and O–H groups in total. The molecule has 0 fully saturated rings. The second kappa shape index (κ2) is 4.52. The molecule has 1 aromatic carbocycles. The average Bonchev–Trinajstić information content (AvgIpc) is 2.81. The third-order valence-electron chi connectivity index (χ3n) is 2.97. The fraction of sp³-hybridized carbons (Fsp3) is 0.0667.